The van der Waals surface area contributed by atoms with Crippen molar-refractivity contribution in [2.75, 3.05) is 0 Å². The Kier molecular flexibility index (Phi) is 8.34. The molecule has 0 bridgehead atoms. The summed E-state index contributed by atoms with van der Waals surface area (Å²) in [6.45, 7) is 6.53. The van der Waals surface area contributed by atoms with E-state index in [0.717, 1.165) is 25.7 Å². The highest BCUT2D eigenvalue weighted by Gasteiger charge is 2.35. The maximum absolute atomic E-state index is 12.8. The highest BCUT2D eigenvalue weighted by molar-refractivity contribution is 5.90. The molecule has 0 aromatic heterocycles. The summed E-state index contributed by atoms with van der Waals surface area (Å²) in [5.74, 6) is 0.439. The van der Waals surface area contributed by atoms with Crippen molar-refractivity contribution < 1.29 is 4.79 Å². The molecule has 0 N–H and O–H groups in total. The van der Waals surface area contributed by atoms with Crippen LogP contribution in [0.4, 0.5) is 0 Å². The van der Waals surface area contributed by atoms with Crippen LogP contribution in [0.5, 0.6) is 0 Å². The summed E-state index contributed by atoms with van der Waals surface area (Å²) in [4.78, 5) is 12.8. The molecule has 0 radical (unpaired) electrons. The molecule has 0 spiro atoms. The van der Waals surface area contributed by atoms with Crippen molar-refractivity contribution in [1.82, 2.24) is 0 Å². The van der Waals surface area contributed by atoms with Crippen LogP contribution in [0, 0.1) is 0 Å². The lowest BCUT2D eigenvalue weighted by molar-refractivity contribution is -0.125. The van der Waals surface area contributed by atoms with Gasteiger partial charge in [0.1, 0.15) is 5.78 Å². The average Bonchev–Trinajstić information content (AvgIpc) is 2.53. The Morgan fingerprint density at radius 3 is 2.00 bits per heavy atom. The van der Waals surface area contributed by atoms with Gasteiger partial charge in [0.05, 0.1) is 5.41 Å². The molecule has 118 valence electrons. The fraction of sp³-hybridized carbons (Fsp3) is 0.650. The van der Waals surface area contributed by atoms with E-state index >= 15 is 0 Å². The third-order valence-electron chi connectivity index (χ3n) is 4.82. The van der Waals surface area contributed by atoms with Gasteiger partial charge in [-0.05, 0) is 24.8 Å². The van der Waals surface area contributed by atoms with Crippen LogP contribution < -0.4 is 0 Å². The highest BCUT2D eigenvalue weighted by Crippen LogP contribution is 2.34. The number of unbranched alkanes of at least 4 members (excludes halogenated alkanes) is 5. The first-order valence-corrected chi connectivity index (χ1v) is 8.80. The van der Waals surface area contributed by atoms with Crippen LogP contribution in [0.25, 0.3) is 0 Å². The first kappa shape index (κ1) is 17.9. The predicted octanol–water partition coefficient (Wildman–Crippen LogP) is 6.06. The van der Waals surface area contributed by atoms with E-state index in [-0.39, 0.29) is 5.41 Å². The zero-order valence-electron chi connectivity index (χ0n) is 14.2. The Hall–Kier alpha value is -1.11. The van der Waals surface area contributed by atoms with E-state index in [9.17, 15) is 4.79 Å². The van der Waals surface area contributed by atoms with Gasteiger partial charge in [-0.3, -0.25) is 4.79 Å². The van der Waals surface area contributed by atoms with Gasteiger partial charge in [-0.1, -0.05) is 83.2 Å². The van der Waals surface area contributed by atoms with Crippen LogP contribution in [0.15, 0.2) is 30.3 Å². The SMILES string of the molecule is CCCCCCCCC(=O)C(CC)(CC)c1ccccc1. The van der Waals surface area contributed by atoms with E-state index in [0.29, 0.717) is 5.78 Å². The second-order valence-corrected chi connectivity index (χ2v) is 6.10. The summed E-state index contributed by atoms with van der Waals surface area (Å²) >= 11 is 0. The van der Waals surface area contributed by atoms with Crippen LogP contribution in [0.1, 0.15) is 84.1 Å². The van der Waals surface area contributed by atoms with Gasteiger partial charge in [0, 0.05) is 6.42 Å². The number of ketones is 1. The third-order valence-corrected chi connectivity index (χ3v) is 4.82. The lowest BCUT2D eigenvalue weighted by atomic mass is 9.71. The van der Waals surface area contributed by atoms with Crippen LogP contribution in [0.3, 0.4) is 0 Å². The minimum atomic E-state index is -0.259. The standard InChI is InChI=1S/C20H32O/c1-4-7-8-9-10-14-17-19(21)20(5-2,6-3)18-15-12-11-13-16-18/h11-13,15-16H,4-10,14,17H2,1-3H3. The van der Waals surface area contributed by atoms with Gasteiger partial charge in [-0.25, -0.2) is 0 Å². The predicted molar refractivity (Wildman–Crippen MR) is 91.7 cm³/mol. The molecule has 0 atom stereocenters. The van der Waals surface area contributed by atoms with E-state index in [1.165, 1.54) is 37.7 Å². The smallest absolute Gasteiger partial charge is 0.143 e. The van der Waals surface area contributed by atoms with Crippen LogP contribution in [-0.4, -0.2) is 5.78 Å². The van der Waals surface area contributed by atoms with Gasteiger partial charge in [0.2, 0.25) is 0 Å². The van der Waals surface area contributed by atoms with E-state index in [1.54, 1.807) is 0 Å². The minimum absolute atomic E-state index is 0.259. The Morgan fingerprint density at radius 2 is 1.43 bits per heavy atom. The van der Waals surface area contributed by atoms with Gasteiger partial charge in [0.25, 0.3) is 0 Å². The average molecular weight is 288 g/mol. The summed E-state index contributed by atoms with van der Waals surface area (Å²) in [7, 11) is 0. The monoisotopic (exact) mass is 288 g/mol. The molecule has 0 heterocycles. The molecule has 1 nitrogen and oxygen atoms in total. The number of carbonyl (C=O) groups excluding carboxylic acids is 1. The van der Waals surface area contributed by atoms with Crippen molar-refractivity contribution in [2.24, 2.45) is 0 Å². The lowest BCUT2D eigenvalue weighted by Gasteiger charge is -2.31. The third kappa shape index (κ3) is 4.98. The summed E-state index contributed by atoms with van der Waals surface area (Å²) in [5.41, 5.74) is 0.941. The van der Waals surface area contributed by atoms with E-state index in [4.69, 9.17) is 0 Å². The van der Waals surface area contributed by atoms with Crippen LogP contribution >= 0.6 is 0 Å². The Morgan fingerprint density at radius 1 is 0.857 bits per heavy atom. The van der Waals surface area contributed by atoms with Crippen molar-refractivity contribution in [3.05, 3.63) is 35.9 Å². The maximum atomic E-state index is 12.8. The van der Waals surface area contributed by atoms with E-state index in [2.05, 4.69) is 32.9 Å². The molecule has 1 aromatic rings. The maximum Gasteiger partial charge on any atom is 0.143 e. The number of Topliss-reactive ketones (excluding diaryl/α,β-unsaturated/α-hetero) is 1. The molecule has 0 saturated heterocycles. The molecular formula is C20H32O. The fourth-order valence-corrected chi connectivity index (χ4v) is 3.28. The second kappa shape index (κ2) is 9.76. The summed E-state index contributed by atoms with van der Waals surface area (Å²) < 4.78 is 0. The molecule has 0 aliphatic carbocycles. The van der Waals surface area contributed by atoms with Crippen molar-refractivity contribution >= 4 is 5.78 Å². The number of carbonyl (C=O) groups is 1. The van der Waals surface area contributed by atoms with Crippen molar-refractivity contribution in [3.63, 3.8) is 0 Å². The molecular weight excluding hydrogens is 256 g/mol. The number of rotatable bonds is 11. The molecule has 0 fully saturated rings. The molecule has 0 unspecified atom stereocenters. The fourth-order valence-electron chi connectivity index (χ4n) is 3.28. The molecule has 0 aliphatic rings. The summed E-state index contributed by atoms with van der Waals surface area (Å²) in [6, 6.07) is 10.4. The topological polar surface area (TPSA) is 17.1 Å². The van der Waals surface area contributed by atoms with Gasteiger partial charge in [0.15, 0.2) is 0 Å². The molecule has 1 heteroatoms. The Labute approximate surface area is 131 Å². The van der Waals surface area contributed by atoms with E-state index < -0.39 is 0 Å². The minimum Gasteiger partial charge on any atom is -0.299 e. The zero-order valence-corrected chi connectivity index (χ0v) is 14.2. The quantitative estimate of drug-likeness (QED) is 0.452. The molecule has 1 rings (SSSR count). The first-order valence-electron chi connectivity index (χ1n) is 8.80. The van der Waals surface area contributed by atoms with Crippen LogP contribution in [-0.2, 0) is 10.2 Å². The number of benzene rings is 1. The zero-order chi connectivity index (χ0) is 15.6. The number of hydrogen-bond donors (Lipinski definition) is 0. The van der Waals surface area contributed by atoms with Crippen LogP contribution in [0.2, 0.25) is 0 Å². The molecule has 0 saturated carbocycles. The molecule has 0 amide bonds. The van der Waals surface area contributed by atoms with Gasteiger partial charge in [-0.2, -0.15) is 0 Å². The van der Waals surface area contributed by atoms with Gasteiger partial charge in [-0.15, -0.1) is 0 Å². The highest BCUT2D eigenvalue weighted by atomic mass is 16.1. The van der Waals surface area contributed by atoms with Crippen molar-refractivity contribution in [3.8, 4) is 0 Å². The number of hydrogen-bond acceptors (Lipinski definition) is 1. The van der Waals surface area contributed by atoms with Gasteiger partial charge < -0.3 is 0 Å². The largest absolute Gasteiger partial charge is 0.299 e. The normalized spacial score (nSPS) is 11.6. The summed E-state index contributed by atoms with van der Waals surface area (Å²) in [5, 5.41) is 0. The second-order valence-electron chi connectivity index (χ2n) is 6.10. The summed E-state index contributed by atoms with van der Waals surface area (Å²) in [6.07, 6.45) is 10.00. The van der Waals surface area contributed by atoms with E-state index in [1.807, 2.05) is 18.2 Å². The first-order chi connectivity index (χ1) is 10.2. The van der Waals surface area contributed by atoms with Crippen molar-refractivity contribution in [1.29, 1.82) is 0 Å². The Balaban J connectivity index is 2.58. The lowest BCUT2D eigenvalue weighted by Crippen LogP contribution is -2.34. The Bertz CT molecular complexity index is 390. The van der Waals surface area contributed by atoms with Crippen molar-refractivity contribution in [2.45, 2.75) is 84.0 Å². The molecule has 1 aromatic carbocycles. The van der Waals surface area contributed by atoms with Gasteiger partial charge >= 0.3 is 0 Å². The molecule has 21 heavy (non-hydrogen) atoms. The molecule has 0 aliphatic heterocycles.